The molecular weight excluding hydrogens is 437 g/mol. The first-order chi connectivity index (χ1) is 10.1. The Labute approximate surface area is 142 Å². The third-order valence-corrected chi connectivity index (χ3v) is 3.71. The molecule has 0 aromatic heterocycles. The molecule has 1 aromatic carbocycles. The minimum absolute atomic E-state index is 0.0182. The Morgan fingerprint density at radius 1 is 1.50 bits per heavy atom. The van der Waals surface area contributed by atoms with Crippen LogP contribution in [0.25, 0.3) is 6.08 Å². The molecule has 0 amide bonds. The Bertz CT molecular complexity index is 646. The SMILES string of the molecule is C[C@H](N)OC(=O)C1=Cc2cc(Cl)cc(I)c2OC1C(F)(F)F. The third-order valence-electron chi connectivity index (χ3n) is 2.69. The molecule has 0 radical (unpaired) electrons. The van der Waals surface area contributed by atoms with Gasteiger partial charge in [-0.1, -0.05) is 11.6 Å². The van der Waals surface area contributed by atoms with Crippen LogP contribution < -0.4 is 10.5 Å². The van der Waals surface area contributed by atoms with Crippen molar-refractivity contribution >= 4 is 46.2 Å². The summed E-state index contributed by atoms with van der Waals surface area (Å²) in [4.78, 5) is 11.9. The highest BCUT2D eigenvalue weighted by Gasteiger charge is 2.49. The van der Waals surface area contributed by atoms with E-state index < -0.39 is 30.1 Å². The lowest BCUT2D eigenvalue weighted by molar-refractivity contribution is -0.188. The van der Waals surface area contributed by atoms with Crippen LogP contribution >= 0.6 is 34.2 Å². The number of alkyl halides is 3. The maximum absolute atomic E-state index is 13.2. The maximum atomic E-state index is 13.2. The van der Waals surface area contributed by atoms with Gasteiger partial charge in [-0.15, -0.1) is 0 Å². The van der Waals surface area contributed by atoms with Gasteiger partial charge in [-0.2, -0.15) is 13.2 Å². The van der Waals surface area contributed by atoms with Crippen LogP contribution in [0.15, 0.2) is 17.7 Å². The van der Waals surface area contributed by atoms with Crippen molar-refractivity contribution in [1.29, 1.82) is 0 Å². The standard InChI is InChI=1S/C13H10ClF3INO3/c1-5(19)21-12(20)8-3-6-2-7(14)4-9(18)10(6)22-11(8)13(15,16)17/h2-5,11H,19H2,1H3/t5-,11?/m1/s1. The van der Waals surface area contributed by atoms with Gasteiger partial charge in [-0.25, -0.2) is 4.79 Å². The molecule has 120 valence electrons. The molecule has 2 atom stereocenters. The van der Waals surface area contributed by atoms with Gasteiger partial charge >= 0.3 is 12.1 Å². The quantitative estimate of drug-likeness (QED) is 0.428. The highest BCUT2D eigenvalue weighted by Crippen LogP contribution is 2.41. The average Bonchev–Trinajstić information content (AvgIpc) is 2.35. The Morgan fingerprint density at radius 3 is 2.68 bits per heavy atom. The minimum atomic E-state index is -4.77. The number of ether oxygens (including phenoxy) is 2. The number of carbonyl (C=O) groups excluding carboxylic acids is 1. The fourth-order valence-corrected chi connectivity index (χ4v) is 3.07. The molecule has 1 unspecified atom stereocenters. The van der Waals surface area contributed by atoms with E-state index in [1.807, 2.05) is 22.6 Å². The Balaban J connectivity index is 2.53. The van der Waals surface area contributed by atoms with Crippen molar-refractivity contribution < 1.29 is 27.4 Å². The van der Waals surface area contributed by atoms with Crippen LogP contribution in [0.5, 0.6) is 5.75 Å². The van der Waals surface area contributed by atoms with E-state index in [9.17, 15) is 18.0 Å². The van der Waals surface area contributed by atoms with Gasteiger partial charge in [0.2, 0.25) is 6.10 Å². The van der Waals surface area contributed by atoms with E-state index in [1.165, 1.54) is 19.1 Å². The predicted molar refractivity (Wildman–Crippen MR) is 82.4 cm³/mol. The molecule has 2 N–H and O–H groups in total. The molecule has 0 spiro atoms. The lowest BCUT2D eigenvalue weighted by atomic mass is 10.0. The molecule has 9 heteroatoms. The highest BCUT2D eigenvalue weighted by atomic mass is 127. The van der Waals surface area contributed by atoms with Crippen LogP contribution in [0.3, 0.4) is 0 Å². The first kappa shape index (κ1) is 17.4. The largest absolute Gasteiger partial charge is 0.474 e. The van der Waals surface area contributed by atoms with E-state index in [0.717, 1.165) is 6.08 Å². The molecule has 1 aliphatic rings. The number of hydrogen-bond donors (Lipinski definition) is 1. The molecule has 1 aliphatic heterocycles. The van der Waals surface area contributed by atoms with Crippen molar-refractivity contribution in [2.45, 2.75) is 25.4 Å². The van der Waals surface area contributed by atoms with Gasteiger partial charge in [0.25, 0.3) is 0 Å². The van der Waals surface area contributed by atoms with E-state index >= 15 is 0 Å². The molecule has 2 rings (SSSR count). The summed E-state index contributed by atoms with van der Waals surface area (Å²) in [5.74, 6) is -1.16. The molecule has 22 heavy (non-hydrogen) atoms. The lowest BCUT2D eigenvalue weighted by Gasteiger charge is -2.28. The van der Waals surface area contributed by atoms with E-state index in [1.54, 1.807) is 0 Å². The summed E-state index contributed by atoms with van der Waals surface area (Å²) >= 11 is 7.68. The number of nitrogens with two attached hydrogens (primary N) is 1. The number of esters is 1. The Hall–Kier alpha value is -1.00. The van der Waals surface area contributed by atoms with Crippen molar-refractivity contribution in [3.8, 4) is 5.75 Å². The molecule has 1 heterocycles. The Kier molecular flexibility index (Phi) is 4.93. The third kappa shape index (κ3) is 3.66. The first-order valence-corrected chi connectivity index (χ1v) is 7.46. The molecule has 0 saturated carbocycles. The molecule has 0 bridgehead atoms. The van der Waals surface area contributed by atoms with E-state index in [0.29, 0.717) is 8.59 Å². The zero-order valence-electron chi connectivity index (χ0n) is 11.1. The average molecular weight is 448 g/mol. The number of rotatable bonds is 2. The fourth-order valence-electron chi connectivity index (χ4n) is 1.88. The zero-order valence-corrected chi connectivity index (χ0v) is 14.0. The van der Waals surface area contributed by atoms with Crippen molar-refractivity contribution in [3.05, 3.63) is 31.9 Å². The van der Waals surface area contributed by atoms with Crippen LogP contribution in [-0.2, 0) is 9.53 Å². The second-order valence-electron chi connectivity index (χ2n) is 4.56. The molecule has 4 nitrogen and oxygen atoms in total. The summed E-state index contributed by atoms with van der Waals surface area (Å²) in [5, 5.41) is 0.313. The van der Waals surface area contributed by atoms with Gasteiger partial charge in [0.15, 0.2) is 0 Å². The van der Waals surface area contributed by atoms with Gasteiger partial charge in [0.05, 0.1) is 9.14 Å². The summed E-state index contributed by atoms with van der Waals surface area (Å²) < 4.78 is 49.5. The lowest BCUT2D eigenvalue weighted by Crippen LogP contribution is -2.42. The van der Waals surface area contributed by atoms with Gasteiger partial charge in [0.1, 0.15) is 12.0 Å². The molecule has 0 aliphatic carbocycles. The topological polar surface area (TPSA) is 61.5 Å². The maximum Gasteiger partial charge on any atom is 0.430 e. The summed E-state index contributed by atoms with van der Waals surface area (Å²) in [6.07, 6.45) is -7.16. The van der Waals surface area contributed by atoms with Gasteiger partial charge in [-0.05, 0) is 47.7 Å². The first-order valence-electron chi connectivity index (χ1n) is 6.00. The van der Waals surface area contributed by atoms with Crippen LogP contribution in [0.4, 0.5) is 13.2 Å². The van der Waals surface area contributed by atoms with E-state index in [4.69, 9.17) is 22.1 Å². The Morgan fingerprint density at radius 2 is 2.14 bits per heavy atom. The number of carbonyl (C=O) groups is 1. The fraction of sp³-hybridized carbons (Fsp3) is 0.308. The van der Waals surface area contributed by atoms with E-state index in [2.05, 4.69) is 4.74 Å². The highest BCUT2D eigenvalue weighted by molar-refractivity contribution is 14.1. The van der Waals surface area contributed by atoms with Crippen LogP contribution in [0.2, 0.25) is 5.02 Å². The second kappa shape index (κ2) is 6.25. The van der Waals surface area contributed by atoms with E-state index in [-0.39, 0.29) is 11.3 Å². The summed E-state index contributed by atoms with van der Waals surface area (Å²) in [7, 11) is 0. The smallest absolute Gasteiger partial charge is 0.430 e. The number of halogens is 5. The van der Waals surface area contributed by atoms with Crippen molar-refractivity contribution in [2.75, 3.05) is 0 Å². The number of hydrogen-bond acceptors (Lipinski definition) is 4. The number of fused-ring (bicyclic) bond motifs is 1. The molecule has 1 aromatic rings. The second-order valence-corrected chi connectivity index (χ2v) is 6.15. The molecular formula is C13H10ClF3INO3. The van der Waals surface area contributed by atoms with Crippen molar-refractivity contribution in [3.63, 3.8) is 0 Å². The minimum Gasteiger partial charge on any atom is -0.474 e. The van der Waals surface area contributed by atoms with Crippen LogP contribution in [0, 0.1) is 3.57 Å². The van der Waals surface area contributed by atoms with Crippen molar-refractivity contribution in [2.24, 2.45) is 5.73 Å². The molecule has 0 fully saturated rings. The van der Waals surface area contributed by atoms with Gasteiger partial charge in [0, 0.05) is 10.6 Å². The monoisotopic (exact) mass is 447 g/mol. The molecule has 0 saturated heterocycles. The van der Waals surface area contributed by atoms with Crippen LogP contribution in [-0.4, -0.2) is 24.5 Å². The van der Waals surface area contributed by atoms with Gasteiger partial charge < -0.3 is 9.47 Å². The van der Waals surface area contributed by atoms with Crippen molar-refractivity contribution in [1.82, 2.24) is 0 Å². The summed E-state index contributed by atoms with van der Waals surface area (Å²) in [6.45, 7) is 1.33. The van der Waals surface area contributed by atoms with Crippen LogP contribution in [0.1, 0.15) is 12.5 Å². The van der Waals surface area contributed by atoms with Gasteiger partial charge in [-0.3, -0.25) is 5.73 Å². The number of benzene rings is 1. The summed E-state index contributed by atoms with van der Waals surface area (Å²) in [5.41, 5.74) is 4.88. The zero-order chi connectivity index (χ0) is 16.7. The predicted octanol–water partition coefficient (Wildman–Crippen LogP) is 3.50. The summed E-state index contributed by atoms with van der Waals surface area (Å²) in [6, 6.07) is 2.87. The normalized spacial score (nSPS) is 18.9.